The number of hydrogen-bond acceptors (Lipinski definition) is 3. The number of carbonyl (C=O) groups excluding carboxylic acids is 1. The number of aryl methyl sites for hydroxylation is 2. The fourth-order valence-corrected chi connectivity index (χ4v) is 4.33. The van der Waals surface area contributed by atoms with Crippen LogP contribution in [0, 0.1) is 13.8 Å². The number of benzene rings is 2. The van der Waals surface area contributed by atoms with Crippen LogP contribution in [-0.4, -0.2) is 29.9 Å². The van der Waals surface area contributed by atoms with E-state index in [1.165, 1.54) is 11.1 Å². The molecular weight excluding hydrogens is 416 g/mol. The average molecular weight is 441 g/mol. The first-order valence-electron chi connectivity index (χ1n) is 9.77. The van der Waals surface area contributed by atoms with E-state index in [2.05, 4.69) is 57.3 Å². The summed E-state index contributed by atoms with van der Waals surface area (Å²) < 4.78 is 6.81. The molecule has 1 aliphatic rings. The molecule has 1 aliphatic heterocycles. The molecule has 0 aliphatic carbocycles. The summed E-state index contributed by atoms with van der Waals surface area (Å²) in [6, 6.07) is 14.7. The monoisotopic (exact) mass is 440 g/mol. The summed E-state index contributed by atoms with van der Waals surface area (Å²) in [5.74, 6) is 0.317. The Morgan fingerprint density at radius 2 is 1.96 bits per heavy atom. The molecule has 2 heterocycles. The third-order valence-corrected chi connectivity index (χ3v) is 6.01. The predicted molar refractivity (Wildman–Crippen MR) is 116 cm³/mol. The highest BCUT2D eigenvalue weighted by molar-refractivity contribution is 9.10. The standard InChI is InChI=1S/C23H25BrN2O2/c1-15-4-3-5-17(12-15)14-26-10-8-19(9-11-26)25-23(27)22-16(2)20-13-18(24)6-7-21(20)28-22/h3-7,12-13,19H,8-11,14H2,1-2H3,(H,25,27). The number of nitrogens with one attached hydrogen (secondary N) is 1. The largest absolute Gasteiger partial charge is 0.451 e. The minimum Gasteiger partial charge on any atom is -0.451 e. The molecule has 1 amide bonds. The van der Waals surface area contributed by atoms with E-state index in [-0.39, 0.29) is 11.9 Å². The van der Waals surface area contributed by atoms with Gasteiger partial charge in [0.2, 0.25) is 0 Å². The van der Waals surface area contributed by atoms with E-state index in [0.29, 0.717) is 5.76 Å². The normalized spacial score (nSPS) is 15.8. The van der Waals surface area contributed by atoms with Crippen molar-refractivity contribution in [2.75, 3.05) is 13.1 Å². The van der Waals surface area contributed by atoms with Gasteiger partial charge in [-0.15, -0.1) is 0 Å². The molecule has 146 valence electrons. The first-order valence-corrected chi connectivity index (χ1v) is 10.6. The number of amides is 1. The second-order valence-corrected chi connectivity index (χ2v) is 8.63. The van der Waals surface area contributed by atoms with Crippen LogP contribution in [0.4, 0.5) is 0 Å². The lowest BCUT2D eigenvalue weighted by molar-refractivity contribution is 0.0882. The van der Waals surface area contributed by atoms with Gasteiger partial charge in [0.05, 0.1) is 0 Å². The maximum Gasteiger partial charge on any atom is 0.287 e. The molecule has 3 aromatic rings. The van der Waals surface area contributed by atoms with Crippen LogP contribution in [0.2, 0.25) is 0 Å². The van der Waals surface area contributed by atoms with Crippen LogP contribution in [0.3, 0.4) is 0 Å². The molecule has 1 fully saturated rings. The van der Waals surface area contributed by atoms with Gasteiger partial charge in [-0.1, -0.05) is 45.8 Å². The Balaban J connectivity index is 1.36. The van der Waals surface area contributed by atoms with Crippen LogP contribution in [0.15, 0.2) is 51.4 Å². The van der Waals surface area contributed by atoms with E-state index in [1.807, 2.05) is 25.1 Å². The van der Waals surface area contributed by atoms with Crippen molar-refractivity contribution in [3.63, 3.8) is 0 Å². The molecule has 4 rings (SSSR count). The summed E-state index contributed by atoms with van der Waals surface area (Å²) in [5.41, 5.74) is 4.30. The smallest absolute Gasteiger partial charge is 0.287 e. The highest BCUT2D eigenvalue weighted by Crippen LogP contribution is 2.28. The quantitative estimate of drug-likeness (QED) is 0.605. The maximum atomic E-state index is 12.8. The number of carbonyl (C=O) groups is 1. The Kier molecular flexibility index (Phi) is 5.56. The van der Waals surface area contributed by atoms with Crippen LogP contribution in [0.5, 0.6) is 0 Å². The molecular formula is C23H25BrN2O2. The Labute approximate surface area is 174 Å². The van der Waals surface area contributed by atoms with Gasteiger partial charge in [-0.3, -0.25) is 9.69 Å². The molecule has 0 saturated carbocycles. The molecule has 5 heteroatoms. The number of rotatable bonds is 4. The van der Waals surface area contributed by atoms with Gasteiger partial charge < -0.3 is 9.73 Å². The summed E-state index contributed by atoms with van der Waals surface area (Å²) in [6.07, 6.45) is 1.92. The minimum absolute atomic E-state index is 0.109. The van der Waals surface area contributed by atoms with Crippen molar-refractivity contribution in [1.29, 1.82) is 0 Å². The van der Waals surface area contributed by atoms with Crippen molar-refractivity contribution in [1.82, 2.24) is 10.2 Å². The first-order chi connectivity index (χ1) is 13.5. The van der Waals surface area contributed by atoms with Crippen molar-refractivity contribution in [2.45, 2.75) is 39.3 Å². The minimum atomic E-state index is -0.109. The zero-order valence-corrected chi connectivity index (χ0v) is 17.9. The molecule has 4 nitrogen and oxygen atoms in total. The fraction of sp³-hybridized carbons (Fsp3) is 0.348. The molecule has 0 bridgehead atoms. The Morgan fingerprint density at radius 3 is 2.71 bits per heavy atom. The van der Waals surface area contributed by atoms with Gasteiger partial charge in [0, 0.05) is 41.1 Å². The van der Waals surface area contributed by atoms with E-state index in [4.69, 9.17) is 4.42 Å². The second kappa shape index (κ2) is 8.10. The third kappa shape index (κ3) is 4.15. The average Bonchev–Trinajstić information content (AvgIpc) is 3.00. The van der Waals surface area contributed by atoms with Crippen LogP contribution >= 0.6 is 15.9 Å². The summed E-state index contributed by atoms with van der Waals surface area (Å²) in [4.78, 5) is 15.2. The van der Waals surface area contributed by atoms with Gasteiger partial charge in [0.25, 0.3) is 5.91 Å². The highest BCUT2D eigenvalue weighted by atomic mass is 79.9. The van der Waals surface area contributed by atoms with Gasteiger partial charge in [0.15, 0.2) is 5.76 Å². The number of nitrogens with zero attached hydrogens (tertiary/aromatic N) is 1. The van der Waals surface area contributed by atoms with Crippen molar-refractivity contribution < 1.29 is 9.21 Å². The lowest BCUT2D eigenvalue weighted by Gasteiger charge is -2.32. The van der Waals surface area contributed by atoms with E-state index in [1.54, 1.807) is 0 Å². The number of furan rings is 1. The van der Waals surface area contributed by atoms with E-state index >= 15 is 0 Å². The topological polar surface area (TPSA) is 45.5 Å². The zero-order valence-electron chi connectivity index (χ0n) is 16.3. The molecule has 1 saturated heterocycles. The third-order valence-electron chi connectivity index (χ3n) is 5.52. The van der Waals surface area contributed by atoms with Gasteiger partial charge in [-0.05, 0) is 50.5 Å². The fourth-order valence-electron chi connectivity index (χ4n) is 3.96. The van der Waals surface area contributed by atoms with Crippen LogP contribution in [0.1, 0.15) is 40.1 Å². The van der Waals surface area contributed by atoms with Crippen LogP contribution in [0.25, 0.3) is 11.0 Å². The lowest BCUT2D eigenvalue weighted by atomic mass is 10.0. The van der Waals surface area contributed by atoms with Crippen molar-refractivity contribution in [3.8, 4) is 0 Å². The van der Waals surface area contributed by atoms with Gasteiger partial charge in [0.1, 0.15) is 5.58 Å². The summed E-state index contributed by atoms with van der Waals surface area (Å²) in [7, 11) is 0. The lowest BCUT2D eigenvalue weighted by Crippen LogP contribution is -2.44. The second-order valence-electron chi connectivity index (χ2n) is 7.71. The zero-order chi connectivity index (χ0) is 19.7. The molecule has 2 aromatic carbocycles. The first kappa shape index (κ1) is 19.2. The van der Waals surface area contributed by atoms with Crippen molar-refractivity contribution >= 4 is 32.8 Å². The molecule has 0 radical (unpaired) electrons. The van der Waals surface area contributed by atoms with Crippen LogP contribution < -0.4 is 5.32 Å². The molecule has 0 spiro atoms. The van der Waals surface area contributed by atoms with Gasteiger partial charge in [-0.25, -0.2) is 0 Å². The van der Waals surface area contributed by atoms with E-state index in [9.17, 15) is 4.79 Å². The van der Waals surface area contributed by atoms with Crippen molar-refractivity contribution in [3.05, 3.63) is 69.4 Å². The highest BCUT2D eigenvalue weighted by Gasteiger charge is 2.24. The molecule has 0 unspecified atom stereocenters. The van der Waals surface area contributed by atoms with Crippen LogP contribution in [-0.2, 0) is 6.54 Å². The number of piperidine rings is 1. The maximum absolute atomic E-state index is 12.8. The molecule has 1 aromatic heterocycles. The number of halogens is 1. The molecule has 1 N–H and O–H groups in total. The predicted octanol–water partition coefficient (Wildman–Crippen LogP) is 5.21. The molecule has 0 atom stereocenters. The number of fused-ring (bicyclic) bond motifs is 1. The number of likely N-dealkylation sites (tertiary alicyclic amines) is 1. The Bertz CT molecular complexity index is 1000. The number of hydrogen-bond donors (Lipinski definition) is 1. The SMILES string of the molecule is Cc1cccc(CN2CCC(NC(=O)c3oc4ccc(Br)cc4c3C)CC2)c1. The van der Waals surface area contributed by atoms with Gasteiger partial charge in [-0.2, -0.15) is 0 Å². The Hall–Kier alpha value is -2.11. The van der Waals surface area contributed by atoms with Gasteiger partial charge >= 0.3 is 0 Å². The molecule has 28 heavy (non-hydrogen) atoms. The van der Waals surface area contributed by atoms with E-state index < -0.39 is 0 Å². The summed E-state index contributed by atoms with van der Waals surface area (Å²) in [5, 5.41) is 4.15. The van der Waals surface area contributed by atoms with E-state index in [0.717, 1.165) is 53.5 Å². The Morgan fingerprint density at radius 1 is 1.18 bits per heavy atom. The summed E-state index contributed by atoms with van der Waals surface area (Å²) in [6.45, 7) is 7.03. The van der Waals surface area contributed by atoms with Crippen molar-refractivity contribution in [2.24, 2.45) is 0 Å². The summed E-state index contributed by atoms with van der Waals surface area (Å²) >= 11 is 3.48.